The smallest absolute Gasteiger partial charge is 0.349 e. The van der Waals surface area contributed by atoms with Crippen LogP contribution >= 0.6 is 11.3 Å². The number of nitrogens with zero attached hydrogens (tertiary/aromatic N) is 2. The monoisotopic (exact) mass is 364 g/mol. The zero-order valence-electron chi connectivity index (χ0n) is 14.3. The lowest BCUT2D eigenvalue weighted by Gasteiger charge is -2.22. The third-order valence-corrected chi connectivity index (χ3v) is 5.65. The quantitative estimate of drug-likeness (QED) is 0.510. The maximum Gasteiger partial charge on any atom is 0.349 e. The van der Waals surface area contributed by atoms with Crippen LogP contribution in [-0.2, 0) is 0 Å². The minimum atomic E-state index is -0.628. The molecule has 2 heterocycles. The Bertz CT molecular complexity index is 1150. The van der Waals surface area contributed by atoms with Gasteiger partial charge in [-0.25, -0.2) is 9.78 Å². The van der Waals surface area contributed by atoms with Crippen LogP contribution in [0.4, 0.5) is 0 Å². The van der Waals surface area contributed by atoms with Crippen molar-refractivity contribution in [2.75, 3.05) is 7.05 Å². The number of benzene rings is 2. The van der Waals surface area contributed by atoms with E-state index < -0.39 is 5.63 Å². The van der Waals surface area contributed by atoms with Crippen molar-refractivity contribution in [1.82, 2.24) is 9.88 Å². The van der Waals surface area contributed by atoms with Crippen molar-refractivity contribution >= 4 is 38.4 Å². The van der Waals surface area contributed by atoms with Gasteiger partial charge in [0.1, 0.15) is 16.2 Å². The molecule has 130 valence electrons. The molecule has 0 aliphatic rings. The molecule has 0 saturated carbocycles. The van der Waals surface area contributed by atoms with E-state index in [1.165, 1.54) is 4.90 Å². The van der Waals surface area contributed by atoms with E-state index in [4.69, 9.17) is 4.42 Å². The van der Waals surface area contributed by atoms with Gasteiger partial charge in [-0.1, -0.05) is 30.3 Å². The summed E-state index contributed by atoms with van der Waals surface area (Å²) >= 11 is 1.55. The van der Waals surface area contributed by atoms with E-state index in [0.717, 1.165) is 20.6 Å². The predicted molar refractivity (Wildman–Crippen MR) is 103 cm³/mol. The van der Waals surface area contributed by atoms with Crippen molar-refractivity contribution < 1.29 is 9.21 Å². The zero-order valence-corrected chi connectivity index (χ0v) is 15.1. The first-order valence-corrected chi connectivity index (χ1v) is 9.02. The third kappa shape index (κ3) is 2.78. The molecule has 26 heavy (non-hydrogen) atoms. The van der Waals surface area contributed by atoms with E-state index in [9.17, 15) is 9.59 Å². The van der Waals surface area contributed by atoms with Gasteiger partial charge in [0, 0.05) is 12.4 Å². The summed E-state index contributed by atoms with van der Waals surface area (Å²) in [6.07, 6.45) is 0. The molecule has 0 spiro atoms. The summed E-state index contributed by atoms with van der Waals surface area (Å²) in [5.74, 6) is -0.378. The Morgan fingerprint density at radius 2 is 1.88 bits per heavy atom. The van der Waals surface area contributed by atoms with Crippen LogP contribution in [0.25, 0.3) is 21.2 Å². The van der Waals surface area contributed by atoms with Crippen LogP contribution < -0.4 is 5.63 Å². The molecule has 5 nitrogen and oxygen atoms in total. The van der Waals surface area contributed by atoms with Crippen molar-refractivity contribution in [3.05, 3.63) is 75.6 Å². The van der Waals surface area contributed by atoms with Crippen LogP contribution in [-0.4, -0.2) is 22.8 Å². The van der Waals surface area contributed by atoms with E-state index in [1.54, 1.807) is 36.6 Å². The average Bonchev–Trinajstić information content (AvgIpc) is 3.10. The second-order valence-corrected chi connectivity index (χ2v) is 7.16. The molecule has 1 atom stereocenters. The number of hydrogen-bond acceptors (Lipinski definition) is 5. The number of rotatable bonds is 3. The summed E-state index contributed by atoms with van der Waals surface area (Å²) < 4.78 is 6.35. The van der Waals surface area contributed by atoms with E-state index in [2.05, 4.69) is 4.98 Å². The molecule has 2 aromatic heterocycles. The molecule has 1 amide bonds. The van der Waals surface area contributed by atoms with Gasteiger partial charge in [0.15, 0.2) is 0 Å². The fraction of sp³-hybridized carbons (Fsp3) is 0.150. The molecule has 0 saturated heterocycles. The second kappa shape index (κ2) is 6.38. The molecule has 2 aromatic carbocycles. The molecular weight excluding hydrogens is 348 g/mol. The molecular formula is C20H16N2O3S. The Labute approximate surface area is 153 Å². The lowest BCUT2D eigenvalue weighted by Crippen LogP contribution is -2.32. The van der Waals surface area contributed by atoms with Crippen molar-refractivity contribution in [2.24, 2.45) is 0 Å². The Morgan fingerprint density at radius 3 is 2.69 bits per heavy atom. The normalized spacial score (nSPS) is 12.4. The summed E-state index contributed by atoms with van der Waals surface area (Å²) in [4.78, 5) is 31.3. The SMILES string of the molecule is CC(c1nc2ccccc2s1)N(C)C(=O)c1cc2ccccc2oc1=O. The average molecular weight is 364 g/mol. The Hall–Kier alpha value is -2.99. The maximum absolute atomic E-state index is 12.9. The van der Waals surface area contributed by atoms with Gasteiger partial charge in [0.2, 0.25) is 0 Å². The maximum atomic E-state index is 12.9. The highest BCUT2D eigenvalue weighted by atomic mass is 32.1. The summed E-state index contributed by atoms with van der Waals surface area (Å²) in [7, 11) is 1.67. The highest BCUT2D eigenvalue weighted by molar-refractivity contribution is 7.18. The fourth-order valence-electron chi connectivity index (χ4n) is 2.81. The Kier molecular flexibility index (Phi) is 4.05. The molecule has 0 radical (unpaired) electrons. The topological polar surface area (TPSA) is 63.4 Å². The van der Waals surface area contributed by atoms with E-state index in [-0.39, 0.29) is 17.5 Å². The summed E-state index contributed by atoms with van der Waals surface area (Å²) in [6.45, 7) is 1.90. The molecule has 0 bridgehead atoms. The van der Waals surface area contributed by atoms with Gasteiger partial charge in [-0.05, 0) is 31.2 Å². The van der Waals surface area contributed by atoms with Gasteiger partial charge in [0.05, 0.1) is 16.3 Å². The van der Waals surface area contributed by atoms with Crippen molar-refractivity contribution in [3.63, 3.8) is 0 Å². The molecule has 4 rings (SSSR count). The van der Waals surface area contributed by atoms with E-state index in [0.29, 0.717) is 5.58 Å². The van der Waals surface area contributed by atoms with Crippen LogP contribution in [0.5, 0.6) is 0 Å². The third-order valence-electron chi connectivity index (χ3n) is 4.44. The summed E-state index contributed by atoms with van der Waals surface area (Å²) in [5, 5.41) is 1.55. The van der Waals surface area contributed by atoms with E-state index >= 15 is 0 Å². The highest BCUT2D eigenvalue weighted by Gasteiger charge is 2.24. The standard InChI is InChI=1S/C20H16N2O3S/c1-12(18-21-15-8-4-6-10-17(15)26-18)22(2)19(23)14-11-13-7-3-5-9-16(13)25-20(14)24/h3-12H,1-2H3. The van der Waals surface area contributed by atoms with Crippen LogP contribution in [0.3, 0.4) is 0 Å². The molecule has 0 aliphatic carbocycles. The largest absolute Gasteiger partial charge is 0.422 e. The molecule has 6 heteroatoms. The number of thiazole rings is 1. The predicted octanol–water partition coefficient (Wildman–Crippen LogP) is 4.24. The number of para-hydroxylation sites is 2. The van der Waals surface area contributed by atoms with Crippen molar-refractivity contribution in [1.29, 1.82) is 0 Å². The first-order chi connectivity index (χ1) is 12.5. The summed E-state index contributed by atoms with van der Waals surface area (Å²) in [5.41, 5.74) is 0.776. The minimum Gasteiger partial charge on any atom is -0.422 e. The van der Waals surface area contributed by atoms with Crippen molar-refractivity contribution in [2.45, 2.75) is 13.0 Å². The second-order valence-electron chi connectivity index (χ2n) is 6.10. The van der Waals surface area contributed by atoms with Gasteiger partial charge in [0.25, 0.3) is 5.91 Å². The molecule has 0 aliphatic heterocycles. The van der Waals surface area contributed by atoms with Crippen LogP contribution in [0, 0.1) is 0 Å². The number of hydrogen-bond donors (Lipinski definition) is 0. The Morgan fingerprint density at radius 1 is 1.15 bits per heavy atom. The van der Waals surface area contributed by atoms with Gasteiger partial charge in [-0.2, -0.15) is 0 Å². The number of aromatic nitrogens is 1. The van der Waals surface area contributed by atoms with Gasteiger partial charge in [-0.15, -0.1) is 11.3 Å². The number of carbonyl (C=O) groups is 1. The van der Waals surface area contributed by atoms with Crippen LogP contribution in [0.1, 0.15) is 28.3 Å². The van der Waals surface area contributed by atoms with Crippen molar-refractivity contribution in [3.8, 4) is 0 Å². The summed E-state index contributed by atoms with van der Waals surface area (Å²) in [6, 6.07) is 16.3. The van der Waals surface area contributed by atoms with Gasteiger partial charge < -0.3 is 9.32 Å². The van der Waals surface area contributed by atoms with Gasteiger partial charge >= 0.3 is 5.63 Å². The van der Waals surface area contributed by atoms with Gasteiger partial charge in [-0.3, -0.25) is 4.79 Å². The minimum absolute atomic E-state index is 0.0270. The molecule has 4 aromatic rings. The highest BCUT2D eigenvalue weighted by Crippen LogP contribution is 2.29. The first-order valence-electron chi connectivity index (χ1n) is 8.20. The number of amides is 1. The Balaban J connectivity index is 1.69. The lowest BCUT2D eigenvalue weighted by atomic mass is 10.1. The zero-order chi connectivity index (χ0) is 18.3. The molecule has 0 N–H and O–H groups in total. The number of fused-ring (bicyclic) bond motifs is 2. The first kappa shape index (κ1) is 16.5. The lowest BCUT2D eigenvalue weighted by molar-refractivity contribution is 0.0738. The van der Waals surface area contributed by atoms with Crippen LogP contribution in [0.15, 0.2) is 63.8 Å². The van der Waals surface area contributed by atoms with E-state index in [1.807, 2.05) is 43.3 Å². The van der Waals surface area contributed by atoms with Crippen LogP contribution in [0.2, 0.25) is 0 Å². The molecule has 0 fully saturated rings. The fourth-order valence-corrected chi connectivity index (χ4v) is 3.87. The molecule has 1 unspecified atom stereocenters. The number of carbonyl (C=O) groups excluding carboxylic acids is 1.